The van der Waals surface area contributed by atoms with Crippen molar-refractivity contribution >= 4 is 17.3 Å². The molecular formula is C14H14N4O2. The monoisotopic (exact) mass is 270 g/mol. The highest BCUT2D eigenvalue weighted by atomic mass is 16.3. The SMILES string of the molecule is Cc1cc(O)ccc1N=C1C(=O)Nn2nc(C)c(C)c21. The molecule has 0 spiro atoms. The quantitative estimate of drug-likeness (QED) is 0.828. The number of carbonyl (C=O) groups excluding carboxylic acids is 1. The molecule has 6 heteroatoms. The molecule has 0 saturated heterocycles. The number of hydrogen-bond acceptors (Lipinski definition) is 4. The van der Waals surface area contributed by atoms with E-state index in [9.17, 15) is 9.90 Å². The third kappa shape index (κ3) is 1.77. The Balaban J connectivity index is 2.15. The molecule has 0 unspecified atom stereocenters. The van der Waals surface area contributed by atoms with Gasteiger partial charge in [-0.25, -0.2) is 10.4 Å². The summed E-state index contributed by atoms with van der Waals surface area (Å²) in [6, 6.07) is 4.85. The zero-order valence-electron chi connectivity index (χ0n) is 11.4. The molecule has 1 aliphatic heterocycles. The molecule has 1 aliphatic rings. The largest absolute Gasteiger partial charge is 0.508 e. The fourth-order valence-corrected chi connectivity index (χ4v) is 2.21. The second kappa shape index (κ2) is 4.19. The highest BCUT2D eigenvalue weighted by molar-refractivity contribution is 6.50. The molecule has 3 rings (SSSR count). The van der Waals surface area contributed by atoms with E-state index in [4.69, 9.17) is 0 Å². The lowest BCUT2D eigenvalue weighted by Crippen LogP contribution is -2.19. The lowest BCUT2D eigenvalue weighted by molar-refractivity contribution is -0.110. The maximum absolute atomic E-state index is 12.0. The maximum Gasteiger partial charge on any atom is 0.292 e. The number of aryl methyl sites for hydroxylation is 2. The molecule has 1 aromatic heterocycles. The van der Waals surface area contributed by atoms with Crippen LogP contribution in [0.1, 0.15) is 22.5 Å². The number of rotatable bonds is 1. The first kappa shape index (κ1) is 12.4. The van der Waals surface area contributed by atoms with Crippen molar-refractivity contribution in [1.29, 1.82) is 0 Å². The number of fused-ring (bicyclic) bond motifs is 1. The van der Waals surface area contributed by atoms with Gasteiger partial charge in [0.15, 0.2) is 5.71 Å². The fourth-order valence-electron chi connectivity index (χ4n) is 2.21. The number of amides is 1. The third-order valence-corrected chi connectivity index (χ3v) is 3.42. The van der Waals surface area contributed by atoms with Crippen LogP contribution < -0.4 is 5.43 Å². The van der Waals surface area contributed by atoms with Gasteiger partial charge in [0.1, 0.15) is 11.4 Å². The minimum absolute atomic E-state index is 0.180. The van der Waals surface area contributed by atoms with E-state index in [1.807, 2.05) is 20.8 Å². The number of phenolic OH excluding ortho intramolecular Hbond substituents is 1. The Morgan fingerprint density at radius 2 is 2.05 bits per heavy atom. The molecule has 1 aromatic carbocycles. The standard InChI is InChI=1S/C14H14N4O2/c1-7-6-10(19)4-5-11(7)15-12-13-8(2)9(3)16-18(13)17-14(12)20/h4-6,19H,1-3H3,(H,17,20). The van der Waals surface area contributed by atoms with Gasteiger partial charge in [-0.1, -0.05) is 0 Å². The molecule has 2 N–H and O–H groups in total. The molecule has 0 radical (unpaired) electrons. The molecule has 0 saturated carbocycles. The molecule has 0 fully saturated rings. The van der Waals surface area contributed by atoms with Gasteiger partial charge >= 0.3 is 0 Å². The highest BCUT2D eigenvalue weighted by Crippen LogP contribution is 2.26. The summed E-state index contributed by atoms with van der Waals surface area (Å²) < 4.78 is 0. The first-order chi connectivity index (χ1) is 9.47. The van der Waals surface area contributed by atoms with E-state index >= 15 is 0 Å². The van der Waals surface area contributed by atoms with Crippen molar-refractivity contribution in [1.82, 2.24) is 9.89 Å². The Hall–Kier alpha value is -2.63. The topological polar surface area (TPSA) is 79.5 Å². The molecule has 102 valence electrons. The van der Waals surface area contributed by atoms with Crippen LogP contribution in [0.25, 0.3) is 0 Å². The maximum atomic E-state index is 12.0. The van der Waals surface area contributed by atoms with Crippen molar-refractivity contribution in [2.75, 3.05) is 5.43 Å². The summed E-state index contributed by atoms with van der Waals surface area (Å²) in [5, 5.41) is 13.6. The van der Waals surface area contributed by atoms with E-state index < -0.39 is 0 Å². The Labute approximate surface area is 115 Å². The third-order valence-electron chi connectivity index (χ3n) is 3.42. The molecule has 6 nitrogen and oxygen atoms in total. The smallest absolute Gasteiger partial charge is 0.292 e. The van der Waals surface area contributed by atoms with E-state index in [0.29, 0.717) is 17.1 Å². The van der Waals surface area contributed by atoms with Gasteiger partial charge in [-0.15, -0.1) is 0 Å². The van der Waals surface area contributed by atoms with Gasteiger partial charge in [-0.05, 0) is 44.5 Å². The van der Waals surface area contributed by atoms with E-state index in [2.05, 4.69) is 15.5 Å². The number of hydrogen-bond donors (Lipinski definition) is 2. The minimum atomic E-state index is -0.275. The van der Waals surface area contributed by atoms with E-state index in [1.54, 1.807) is 18.2 Å². The van der Waals surface area contributed by atoms with E-state index in [0.717, 1.165) is 16.8 Å². The van der Waals surface area contributed by atoms with Crippen LogP contribution in [0.3, 0.4) is 0 Å². The van der Waals surface area contributed by atoms with Crippen molar-refractivity contribution in [2.24, 2.45) is 4.99 Å². The fraction of sp³-hybridized carbons (Fsp3) is 0.214. The van der Waals surface area contributed by atoms with Gasteiger partial charge in [0.2, 0.25) is 0 Å². The van der Waals surface area contributed by atoms with Crippen LogP contribution in [0.15, 0.2) is 23.2 Å². The summed E-state index contributed by atoms with van der Waals surface area (Å²) in [5.41, 5.74) is 6.93. The minimum Gasteiger partial charge on any atom is -0.508 e. The van der Waals surface area contributed by atoms with Gasteiger partial charge in [0.05, 0.1) is 11.4 Å². The number of aromatic hydroxyl groups is 1. The van der Waals surface area contributed by atoms with Crippen molar-refractivity contribution in [3.05, 3.63) is 40.7 Å². The molecule has 1 amide bonds. The van der Waals surface area contributed by atoms with Gasteiger partial charge in [0.25, 0.3) is 5.91 Å². The van der Waals surface area contributed by atoms with Crippen molar-refractivity contribution in [2.45, 2.75) is 20.8 Å². The van der Waals surface area contributed by atoms with Crippen LogP contribution >= 0.6 is 0 Å². The molecule has 0 aliphatic carbocycles. The average Bonchev–Trinajstić information content (AvgIpc) is 2.81. The lowest BCUT2D eigenvalue weighted by Gasteiger charge is -2.02. The summed E-state index contributed by atoms with van der Waals surface area (Å²) >= 11 is 0. The summed E-state index contributed by atoms with van der Waals surface area (Å²) in [4.78, 5) is 17.9. The molecule has 0 bridgehead atoms. The first-order valence-corrected chi connectivity index (χ1v) is 6.23. The Bertz CT molecular complexity index is 759. The first-order valence-electron chi connectivity index (χ1n) is 6.23. The van der Waals surface area contributed by atoms with E-state index in [-0.39, 0.29) is 11.7 Å². The number of nitrogens with zero attached hydrogens (tertiary/aromatic N) is 3. The predicted octanol–water partition coefficient (Wildman–Crippen LogP) is 1.72. The summed E-state index contributed by atoms with van der Waals surface area (Å²) in [6.45, 7) is 5.63. The van der Waals surface area contributed by atoms with Crippen LogP contribution in [-0.2, 0) is 4.79 Å². The molecule has 2 aromatic rings. The lowest BCUT2D eigenvalue weighted by atomic mass is 10.1. The molecule has 20 heavy (non-hydrogen) atoms. The van der Waals surface area contributed by atoms with Crippen molar-refractivity contribution in [3.8, 4) is 5.75 Å². The number of aromatic nitrogens is 2. The number of benzene rings is 1. The molecule has 2 heterocycles. The van der Waals surface area contributed by atoms with Crippen LogP contribution in [0, 0.1) is 20.8 Å². The van der Waals surface area contributed by atoms with E-state index in [1.165, 1.54) is 4.79 Å². The second-order valence-corrected chi connectivity index (χ2v) is 4.84. The Morgan fingerprint density at radius 3 is 2.75 bits per heavy atom. The number of nitrogens with one attached hydrogen (secondary N) is 1. The zero-order valence-corrected chi connectivity index (χ0v) is 11.4. The molecule has 0 atom stereocenters. The summed E-state index contributed by atoms with van der Waals surface area (Å²) in [5.74, 6) is -0.0949. The van der Waals surface area contributed by atoms with Crippen molar-refractivity contribution < 1.29 is 9.90 Å². The summed E-state index contributed by atoms with van der Waals surface area (Å²) in [6.07, 6.45) is 0. The highest BCUT2D eigenvalue weighted by Gasteiger charge is 2.30. The Kier molecular flexibility index (Phi) is 2.60. The van der Waals surface area contributed by atoms with Crippen LogP contribution in [-0.4, -0.2) is 26.6 Å². The zero-order chi connectivity index (χ0) is 14.4. The summed E-state index contributed by atoms with van der Waals surface area (Å²) in [7, 11) is 0. The van der Waals surface area contributed by atoms with Crippen LogP contribution in [0.5, 0.6) is 5.75 Å². The van der Waals surface area contributed by atoms with Gasteiger partial charge < -0.3 is 5.11 Å². The Morgan fingerprint density at radius 1 is 1.30 bits per heavy atom. The normalized spacial score (nSPS) is 15.6. The predicted molar refractivity (Wildman–Crippen MR) is 75.1 cm³/mol. The van der Waals surface area contributed by atoms with Gasteiger partial charge in [0, 0.05) is 5.56 Å². The average molecular weight is 270 g/mol. The van der Waals surface area contributed by atoms with Crippen molar-refractivity contribution in [3.63, 3.8) is 0 Å². The molecular weight excluding hydrogens is 256 g/mol. The van der Waals surface area contributed by atoms with Gasteiger partial charge in [-0.2, -0.15) is 9.89 Å². The van der Waals surface area contributed by atoms with Crippen LogP contribution in [0.4, 0.5) is 5.69 Å². The second-order valence-electron chi connectivity index (χ2n) is 4.84. The van der Waals surface area contributed by atoms with Gasteiger partial charge in [-0.3, -0.25) is 4.79 Å². The van der Waals surface area contributed by atoms with Crippen LogP contribution in [0.2, 0.25) is 0 Å². The number of phenols is 1. The number of aliphatic imine (C=N–C) groups is 1. The number of carbonyl (C=O) groups is 1.